The quantitative estimate of drug-likeness (QED) is 0.429. The summed E-state index contributed by atoms with van der Waals surface area (Å²) >= 11 is 0. The van der Waals surface area contributed by atoms with Gasteiger partial charge in [-0.3, -0.25) is 13.9 Å². The van der Waals surface area contributed by atoms with E-state index >= 15 is 0 Å². The molecule has 0 spiro atoms. The number of allylic oxidation sites excluding steroid dienone is 2. The maximum atomic E-state index is 6.09. The minimum atomic E-state index is 0. The lowest BCUT2D eigenvalue weighted by atomic mass is 10.0. The Labute approximate surface area is 205 Å². The minimum absolute atomic E-state index is 0. The maximum absolute atomic E-state index is 6.09. The van der Waals surface area contributed by atoms with E-state index in [1.165, 1.54) is 0 Å². The van der Waals surface area contributed by atoms with Crippen LogP contribution in [-0.4, -0.2) is 37.3 Å². The molecule has 0 aliphatic carbocycles. The molecular weight excluding hydrogens is 447 g/mol. The molecule has 3 aromatic rings. The molecular formula is C27H29BF2N3O2+. The lowest BCUT2D eigenvalue weighted by Crippen LogP contribution is -2.09. The predicted octanol–water partition coefficient (Wildman–Crippen LogP) is 5.40. The molecule has 2 radical (unpaired) electrons. The molecule has 180 valence electrons. The molecule has 2 heterocycles. The van der Waals surface area contributed by atoms with Crippen LogP contribution in [0.15, 0.2) is 72.4 Å². The number of aromatic amines is 1. The van der Waals surface area contributed by atoms with Gasteiger partial charge in [-0.15, -0.1) is 0 Å². The fourth-order valence-electron chi connectivity index (χ4n) is 3.81. The van der Waals surface area contributed by atoms with Gasteiger partial charge in [0.05, 0.1) is 12.8 Å². The van der Waals surface area contributed by atoms with Crippen molar-refractivity contribution in [1.82, 2.24) is 4.98 Å². The molecule has 0 atom stereocenters. The predicted molar refractivity (Wildman–Crippen MR) is 141 cm³/mol. The summed E-state index contributed by atoms with van der Waals surface area (Å²) < 4.78 is 12.8. The Balaban J connectivity index is 0.00000216. The third-order valence-electron chi connectivity index (χ3n) is 5.43. The number of H-pyrrole nitrogens is 1. The van der Waals surface area contributed by atoms with Gasteiger partial charge < -0.3 is 20.2 Å². The van der Waals surface area contributed by atoms with Gasteiger partial charge in [-0.05, 0) is 79.6 Å². The van der Waals surface area contributed by atoms with E-state index in [0.717, 1.165) is 57.5 Å². The Morgan fingerprint density at radius 1 is 1.03 bits per heavy atom. The molecule has 2 aromatic carbocycles. The number of aryl methyl sites for hydroxylation is 1. The molecule has 1 aliphatic rings. The van der Waals surface area contributed by atoms with Crippen molar-refractivity contribution < 1.29 is 23.4 Å². The number of hydrogen-bond donors (Lipinski definition) is 2. The summed E-state index contributed by atoms with van der Waals surface area (Å²) in [6.45, 7) is 2.64. The summed E-state index contributed by atoms with van der Waals surface area (Å²) in [5, 5.41) is 0. The number of nitrogens with zero attached hydrogens (tertiary/aromatic N) is 1. The standard InChI is InChI=1S/C27H27BN3O2.2FH/c1-19-17-21(30-27(19)25(14-15-29)26-7-4-16-31(26)28)9-8-20-5-3-6-24(18-20)33-23-12-10-22(32-2)11-13-23;;/h3-13,16-18,30H,14-15,29H2,1-2H3;2*1H/q+1;;/b9-8+;;. The highest BCUT2D eigenvalue weighted by Crippen LogP contribution is 2.28. The minimum Gasteiger partial charge on any atom is -0.497 e. The molecule has 1 aromatic heterocycles. The Morgan fingerprint density at radius 2 is 1.77 bits per heavy atom. The fourth-order valence-corrected chi connectivity index (χ4v) is 3.81. The van der Waals surface area contributed by atoms with E-state index in [-0.39, 0.29) is 9.41 Å². The van der Waals surface area contributed by atoms with Crippen LogP contribution >= 0.6 is 0 Å². The summed E-state index contributed by atoms with van der Waals surface area (Å²) in [6.07, 6.45) is 10.6. The number of ether oxygens (including phenoxy) is 2. The molecule has 35 heavy (non-hydrogen) atoms. The maximum Gasteiger partial charge on any atom is 0.586 e. The van der Waals surface area contributed by atoms with E-state index in [2.05, 4.69) is 30.1 Å². The first-order chi connectivity index (χ1) is 16.1. The van der Waals surface area contributed by atoms with Crippen LogP contribution in [0.5, 0.6) is 17.2 Å². The number of methoxy groups -OCH3 is 1. The van der Waals surface area contributed by atoms with Crippen LogP contribution in [0.2, 0.25) is 0 Å². The molecule has 0 bridgehead atoms. The molecule has 0 unspecified atom stereocenters. The molecule has 8 heteroatoms. The monoisotopic (exact) mass is 476 g/mol. The Bertz CT molecular complexity index is 1260. The Hall–Kier alpha value is -3.91. The molecule has 0 saturated carbocycles. The number of hydrogen-bond acceptors (Lipinski definition) is 3. The smallest absolute Gasteiger partial charge is 0.497 e. The van der Waals surface area contributed by atoms with E-state index in [0.29, 0.717) is 6.54 Å². The normalized spacial score (nSPS) is 13.7. The highest BCUT2D eigenvalue weighted by atomic mass is 19.0. The summed E-state index contributed by atoms with van der Waals surface area (Å²) in [4.78, 5) is 3.53. The second kappa shape index (κ2) is 12.5. The second-order valence-corrected chi connectivity index (χ2v) is 7.78. The highest BCUT2D eigenvalue weighted by molar-refractivity contribution is 6.01. The first-order valence-corrected chi connectivity index (χ1v) is 10.9. The van der Waals surface area contributed by atoms with Crippen LogP contribution in [0.3, 0.4) is 0 Å². The van der Waals surface area contributed by atoms with Gasteiger partial charge in [-0.1, -0.05) is 18.2 Å². The van der Waals surface area contributed by atoms with Crippen molar-refractivity contribution in [2.45, 2.75) is 13.3 Å². The van der Waals surface area contributed by atoms with Gasteiger partial charge in [0, 0.05) is 23.4 Å². The van der Waals surface area contributed by atoms with E-state index in [1.54, 1.807) is 11.6 Å². The summed E-state index contributed by atoms with van der Waals surface area (Å²) in [7, 11) is 7.74. The van der Waals surface area contributed by atoms with Crippen LogP contribution < -0.4 is 15.2 Å². The third kappa shape index (κ3) is 6.58. The van der Waals surface area contributed by atoms with Gasteiger partial charge >= 0.3 is 7.98 Å². The first kappa shape index (κ1) is 27.3. The highest BCUT2D eigenvalue weighted by Gasteiger charge is 2.20. The zero-order valence-electron chi connectivity index (χ0n) is 19.7. The average molecular weight is 476 g/mol. The molecule has 3 N–H and O–H groups in total. The van der Waals surface area contributed by atoms with Crippen molar-refractivity contribution in [2.24, 2.45) is 5.73 Å². The van der Waals surface area contributed by atoms with Crippen molar-refractivity contribution in [3.8, 4) is 17.2 Å². The van der Waals surface area contributed by atoms with E-state index in [1.807, 2.05) is 66.9 Å². The van der Waals surface area contributed by atoms with Gasteiger partial charge in [0.25, 0.3) is 0 Å². The van der Waals surface area contributed by atoms with Crippen LogP contribution in [0, 0.1) is 6.92 Å². The van der Waals surface area contributed by atoms with Crippen LogP contribution in [-0.2, 0) is 0 Å². The average Bonchev–Trinajstić information content (AvgIpc) is 3.42. The van der Waals surface area contributed by atoms with Gasteiger partial charge in [-0.25, -0.2) is 0 Å². The van der Waals surface area contributed by atoms with Gasteiger partial charge in [0.2, 0.25) is 0 Å². The SMILES string of the molecule is F.F.[B][N+]1=CC=CC1=C(CCN)c1[nH]c(/C=C/c2cccc(Oc3ccc(OC)cc3)c2)cc1C. The number of nitrogens with one attached hydrogen (secondary N) is 1. The van der Waals surface area contributed by atoms with Crippen molar-refractivity contribution >= 4 is 31.9 Å². The first-order valence-electron chi connectivity index (χ1n) is 10.9. The Morgan fingerprint density at radius 3 is 2.43 bits per heavy atom. The number of aromatic nitrogens is 1. The summed E-state index contributed by atoms with van der Waals surface area (Å²) in [5.41, 5.74) is 12.2. The molecule has 0 amide bonds. The van der Waals surface area contributed by atoms with E-state index in [9.17, 15) is 0 Å². The van der Waals surface area contributed by atoms with Crippen molar-refractivity contribution in [1.29, 1.82) is 0 Å². The summed E-state index contributed by atoms with van der Waals surface area (Å²) in [6, 6.07) is 17.6. The molecule has 4 rings (SSSR count). The summed E-state index contributed by atoms with van der Waals surface area (Å²) in [5.74, 6) is 2.33. The molecule has 0 saturated heterocycles. The second-order valence-electron chi connectivity index (χ2n) is 7.78. The molecule has 1 aliphatic heterocycles. The number of halogens is 2. The van der Waals surface area contributed by atoms with Crippen LogP contribution in [0.25, 0.3) is 17.7 Å². The van der Waals surface area contributed by atoms with E-state index in [4.69, 9.17) is 23.2 Å². The third-order valence-corrected chi connectivity index (χ3v) is 5.43. The largest absolute Gasteiger partial charge is 0.586 e. The molecule has 0 fully saturated rings. The van der Waals surface area contributed by atoms with Crippen LogP contribution in [0.4, 0.5) is 9.41 Å². The fraction of sp³-hybridized carbons (Fsp3) is 0.148. The van der Waals surface area contributed by atoms with Gasteiger partial charge in [0.1, 0.15) is 23.5 Å². The van der Waals surface area contributed by atoms with Gasteiger partial charge in [0.15, 0.2) is 5.70 Å². The van der Waals surface area contributed by atoms with Crippen molar-refractivity contribution in [3.05, 3.63) is 95.0 Å². The lowest BCUT2D eigenvalue weighted by molar-refractivity contribution is -0.294. The number of benzene rings is 2. The van der Waals surface area contributed by atoms with Gasteiger partial charge in [-0.2, -0.15) is 0 Å². The van der Waals surface area contributed by atoms with E-state index < -0.39 is 0 Å². The number of nitrogens with two attached hydrogens (primary N) is 1. The van der Waals surface area contributed by atoms with Crippen molar-refractivity contribution in [2.75, 3.05) is 13.7 Å². The van der Waals surface area contributed by atoms with Crippen LogP contribution in [0.1, 0.15) is 28.9 Å². The Kier molecular flexibility index (Phi) is 9.79. The lowest BCUT2D eigenvalue weighted by Gasteiger charge is -2.07. The van der Waals surface area contributed by atoms with Crippen molar-refractivity contribution in [3.63, 3.8) is 0 Å². The molecule has 5 nitrogen and oxygen atoms in total. The zero-order chi connectivity index (χ0) is 23.2. The zero-order valence-corrected chi connectivity index (χ0v) is 19.7. The topological polar surface area (TPSA) is 63.3 Å². The number of rotatable bonds is 8.